The largest absolute Gasteiger partial charge is 0.444 e. The van der Waals surface area contributed by atoms with E-state index in [1.54, 1.807) is 127 Å². The summed E-state index contributed by atoms with van der Waals surface area (Å²) >= 11 is 0. The molecule has 0 aromatic heterocycles. The molecule has 95 heavy (non-hydrogen) atoms. The third-order valence-electron chi connectivity index (χ3n) is 13.1. The highest BCUT2D eigenvalue weighted by Crippen LogP contribution is 2.14. The predicted octanol–water partition coefficient (Wildman–Crippen LogP) is 0.484. The zero-order valence-corrected chi connectivity index (χ0v) is 57.8. The maximum Gasteiger partial charge on any atom is 0.407 e. The number of rotatable bonds is 22. The number of alkyl carbamates (subject to hydrolysis) is 4. The minimum Gasteiger partial charge on any atom is -0.444 e. The molecule has 32 heteroatoms. The van der Waals surface area contributed by atoms with Crippen LogP contribution < -0.4 is 69.1 Å². The normalized spacial score (nSPS) is 21.1. The van der Waals surface area contributed by atoms with Crippen molar-refractivity contribution in [3.8, 4) is 0 Å². The lowest BCUT2D eigenvalue weighted by atomic mass is 10.00. The molecule has 13 amide bonds. The Balaban J connectivity index is 3.01. The fourth-order valence-electron chi connectivity index (χ4n) is 8.90. The topological polar surface area (TPSA) is 456 Å². The third kappa shape index (κ3) is 35.5. The van der Waals surface area contributed by atoms with Gasteiger partial charge in [-0.3, -0.25) is 43.2 Å². The molecule has 1 aliphatic rings. The highest BCUT2D eigenvalue weighted by atomic mass is 16.6. The van der Waals surface area contributed by atoms with Crippen LogP contribution in [0.1, 0.15) is 161 Å². The molecule has 536 valence electrons. The van der Waals surface area contributed by atoms with Gasteiger partial charge >= 0.3 is 24.4 Å². The van der Waals surface area contributed by atoms with Crippen LogP contribution in [0.25, 0.3) is 0 Å². The molecule has 32 nitrogen and oxygen atoms in total. The molecular formula is C63H105N13O19. The van der Waals surface area contributed by atoms with E-state index in [2.05, 4.69) is 69.1 Å². The van der Waals surface area contributed by atoms with Gasteiger partial charge in [0.1, 0.15) is 70.7 Å². The number of ether oxygens (including phenoxy) is 4. The third-order valence-corrected chi connectivity index (χ3v) is 13.1. The number of hydrogen-bond acceptors (Lipinski definition) is 19. The van der Waals surface area contributed by atoms with Gasteiger partial charge in [-0.05, 0) is 147 Å². The number of hydrogen-bond donors (Lipinski definition) is 15. The number of benzene rings is 1. The summed E-state index contributed by atoms with van der Waals surface area (Å²) in [4.78, 5) is 182. The molecule has 1 fully saturated rings. The van der Waals surface area contributed by atoms with Gasteiger partial charge in [0.15, 0.2) is 0 Å². The van der Waals surface area contributed by atoms with Gasteiger partial charge in [0.05, 0.1) is 18.6 Å². The number of aliphatic hydroxyl groups is 2. The number of nitrogens with one attached hydrogen (secondary N) is 13. The molecule has 2 rings (SSSR count). The van der Waals surface area contributed by atoms with Crippen molar-refractivity contribution in [2.24, 2.45) is 5.92 Å². The van der Waals surface area contributed by atoms with E-state index in [-0.39, 0.29) is 57.8 Å². The van der Waals surface area contributed by atoms with E-state index in [1.165, 1.54) is 6.92 Å². The van der Waals surface area contributed by atoms with E-state index in [9.17, 15) is 72.5 Å². The van der Waals surface area contributed by atoms with Gasteiger partial charge in [0.25, 0.3) is 0 Å². The van der Waals surface area contributed by atoms with E-state index < -0.39 is 193 Å². The van der Waals surface area contributed by atoms with E-state index >= 15 is 0 Å². The second-order valence-electron chi connectivity index (χ2n) is 27.5. The van der Waals surface area contributed by atoms with Crippen LogP contribution in [0.4, 0.5) is 19.2 Å². The lowest BCUT2D eigenvalue weighted by molar-refractivity contribution is -0.136. The van der Waals surface area contributed by atoms with Crippen molar-refractivity contribution < 1.29 is 91.5 Å². The Hall–Kier alpha value is -8.55. The van der Waals surface area contributed by atoms with Crippen LogP contribution in [-0.4, -0.2) is 203 Å². The molecule has 1 aromatic carbocycles. The fourth-order valence-corrected chi connectivity index (χ4v) is 8.90. The molecule has 0 bridgehead atoms. The summed E-state index contributed by atoms with van der Waals surface area (Å²) in [6.45, 7) is 23.5. The van der Waals surface area contributed by atoms with Gasteiger partial charge in [-0.15, -0.1) is 0 Å². The number of carbonyl (C=O) groups is 13. The molecule has 1 heterocycles. The number of aliphatic hydroxyl groups excluding tert-OH is 2. The van der Waals surface area contributed by atoms with E-state index in [1.807, 2.05) is 0 Å². The van der Waals surface area contributed by atoms with Gasteiger partial charge < -0.3 is 98.3 Å². The summed E-state index contributed by atoms with van der Waals surface area (Å²) in [5.41, 5.74) is -3.27. The monoisotopic (exact) mass is 1350 g/mol. The molecule has 0 radical (unpaired) electrons. The van der Waals surface area contributed by atoms with Crippen molar-refractivity contribution in [2.45, 2.75) is 245 Å². The zero-order valence-electron chi connectivity index (χ0n) is 57.8. The molecule has 1 aliphatic heterocycles. The minimum atomic E-state index is -1.83. The first-order chi connectivity index (χ1) is 43.9. The van der Waals surface area contributed by atoms with Crippen molar-refractivity contribution >= 4 is 77.5 Å². The Bertz CT molecular complexity index is 2760. The average molecular weight is 1350 g/mol. The maximum absolute atomic E-state index is 14.9. The Morgan fingerprint density at radius 1 is 0.505 bits per heavy atom. The van der Waals surface area contributed by atoms with Crippen LogP contribution >= 0.6 is 0 Å². The van der Waals surface area contributed by atoms with E-state index in [0.29, 0.717) is 5.56 Å². The SMILES string of the molecule is CC(C)C[C@@H]1NC(=O)[C@@H](Cc2ccccc2)NC(=O)[C@H](CCNC(=O)OC(C)(C)C)NC(=O)[C@@H](NC(=O)[C@H](CCNC(=O)OC(C)(C)C)NC(=O)C[C@@H](C)O)CCNC(=O)[C@H]([C@@H](C)O)NC(=O)[C@H](CCNC(=O)OC(C)(C)C)NC(=O)[C@H](CCNC(=O)OC(C)(C)C)NC1=O. The highest BCUT2D eigenvalue weighted by molar-refractivity contribution is 5.98. The first kappa shape index (κ1) is 82.5. The van der Waals surface area contributed by atoms with Crippen molar-refractivity contribution in [2.75, 3.05) is 32.7 Å². The smallest absolute Gasteiger partial charge is 0.407 e. The Morgan fingerprint density at radius 3 is 1.29 bits per heavy atom. The van der Waals surface area contributed by atoms with Crippen LogP contribution in [0.15, 0.2) is 30.3 Å². The molecule has 1 saturated heterocycles. The highest BCUT2D eigenvalue weighted by Gasteiger charge is 2.37. The van der Waals surface area contributed by atoms with Gasteiger partial charge in [-0.1, -0.05) is 44.2 Å². The Morgan fingerprint density at radius 2 is 0.884 bits per heavy atom. The molecule has 1 aromatic rings. The molecule has 0 aliphatic carbocycles. The van der Waals surface area contributed by atoms with Crippen LogP contribution in [0.2, 0.25) is 0 Å². The van der Waals surface area contributed by atoms with Crippen LogP contribution in [0.3, 0.4) is 0 Å². The Labute approximate surface area is 556 Å². The quantitative estimate of drug-likeness (QED) is 0.0702. The molecule has 15 N–H and O–H groups in total. The van der Waals surface area contributed by atoms with Crippen molar-refractivity contribution in [1.29, 1.82) is 0 Å². The lowest BCUT2D eigenvalue weighted by Gasteiger charge is -2.29. The maximum atomic E-state index is 14.9. The summed E-state index contributed by atoms with van der Waals surface area (Å²) in [5.74, 6) is -9.43. The summed E-state index contributed by atoms with van der Waals surface area (Å²) in [7, 11) is 0. The van der Waals surface area contributed by atoms with E-state index in [4.69, 9.17) is 18.9 Å². The second kappa shape index (κ2) is 38.7. The molecular weight excluding hydrogens is 1240 g/mol. The standard InChI is InChI=1S/C63H105N13O19/c1-35(2)32-44-53(85)73-41(24-29-66-57(89)93-61(8,9)10)50(82)72-43(26-31-68-59(91)95-63(14,15)16)52(84)76-47(37(4)78)55(87)64-27-22-40(70-48(80)39(69-46(79)33-36(3)77)23-28-65-56(88)92-60(5,6)7)49(81)71-42(25-30-67-58(90)94-62(11,12)13)51(83)75-45(54(86)74-44)34-38-20-18-17-19-21-38/h17-21,35-37,39-45,47,77-78H,22-34H2,1-16H3,(H,64,87)(H,65,88)(H,66,89)(H,67,90)(H,68,91)(H,69,79)(H,70,80)(H,71,81)(H,72,82)(H,73,85)(H,74,86)(H,75,83)(H,76,84)/t36-,37-,39+,40+,41+,42+,43+,44+,45-,47+/m1/s1. The van der Waals surface area contributed by atoms with Gasteiger partial charge in [-0.25, -0.2) is 19.2 Å². The second-order valence-corrected chi connectivity index (χ2v) is 27.5. The molecule has 10 atom stereocenters. The zero-order chi connectivity index (χ0) is 72.2. The fraction of sp³-hybridized carbons (Fsp3) is 0.698. The summed E-state index contributed by atoms with van der Waals surface area (Å²) in [6.07, 6.45) is -9.26. The summed E-state index contributed by atoms with van der Waals surface area (Å²) in [5, 5.41) is 54.2. The first-order valence-electron chi connectivity index (χ1n) is 31.9. The molecule has 0 saturated carbocycles. The van der Waals surface area contributed by atoms with Crippen molar-refractivity contribution in [3.63, 3.8) is 0 Å². The van der Waals surface area contributed by atoms with Crippen molar-refractivity contribution in [3.05, 3.63) is 35.9 Å². The Kier molecular flexibility index (Phi) is 33.6. The lowest BCUT2D eigenvalue weighted by Crippen LogP contribution is -2.61. The molecule has 0 spiro atoms. The van der Waals surface area contributed by atoms with E-state index in [0.717, 1.165) is 6.92 Å². The first-order valence-corrected chi connectivity index (χ1v) is 31.9. The summed E-state index contributed by atoms with van der Waals surface area (Å²) in [6, 6.07) is -4.79. The van der Waals surface area contributed by atoms with Gasteiger partial charge in [0.2, 0.25) is 53.2 Å². The number of amides is 13. The molecule has 0 unspecified atom stereocenters. The predicted molar refractivity (Wildman–Crippen MR) is 346 cm³/mol. The van der Waals surface area contributed by atoms with Gasteiger partial charge in [-0.2, -0.15) is 0 Å². The van der Waals surface area contributed by atoms with Gasteiger partial charge in [0, 0.05) is 39.1 Å². The van der Waals surface area contributed by atoms with Crippen LogP contribution in [-0.2, 0) is 68.5 Å². The van der Waals surface area contributed by atoms with Crippen LogP contribution in [0, 0.1) is 5.92 Å². The average Bonchev–Trinajstić information content (AvgIpc) is 1.14. The number of carbonyl (C=O) groups excluding carboxylic acids is 13. The van der Waals surface area contributed by atoms with Crippen molar-refractivity contribution in [1.82, 2.24) is 69.1 Å². The minimum absolute atomic E-state index is 0.0777. The van der Waals surface area contributed by atoms with Crippen LogP contribution in [0.5, 0.6) is 0 Å². The summed E-state index contributed by atoms with van der Waals surface area (Å²) < 4.78 is 21.4.